The number of aliphatic hydroxyl groups is 1. The molecular formula is C28H47N5O. The highest BCUT2D eigenvalue weighted by atomic mass is 16.3. The first-order valence-corrected chi connectivity index (χ1v) is 13.9. The molecule has 0 amide bonds. The zero-order valence-corrected chi connectivity index (χ0v) is 21.6. The van der Waals surface area contributed by atoms with E-state index in [9.17, 15) is 5.11 Å². The Morgan fingerprint density at radius 3 is 2.50 bits per heavy atom. The fourth-order valence-corrected chi connectivity index (χ4v) is 5.79. The van der Waals surface area contributed by atoms with Gasteiger partial charge in [-0.05, 0) is 90.0 Å². The summed E-state index contributed by atoms with van der Waals surface area (Å²) in [4.78, 5) is 14.5. The van der Waals surface area contributed by atoms with Gasteiger partial charge in [-0.15, -0.1) is 0 Å². The van der Waals surface area contributed by atoms with Crippen molar-refractivity contribution in [1.82, 2.24) is 14.9 Å². The van der Waals surface area contributed by atoms with Crippen LogP contribution in [0.3, 0.4) is 0 Å². The molecule has 3 heterocycles. The summed E-state index contributed by atoms with van der Waals surface area (Å²) in [6, 6.07) is 2.54. The van der Waals surface area contributed by atoms with Crippen molar-refractivity contribution in [3.8, 4) is 0 Å². The van der Waals surface area contributed by atoms with Gasteiger partial charge in [-0.1, -0.05) is 24.5 Å². The Bertz CT molecular complexity index is 773. The molecule has 1 aromatic rings. The predicted molar refractivity (Wildman–Crippen MR) is 141 cm³/mol. The Kier molecular flexibility index (Phi) is 9.24. The van der Waals surface area contributed by atoms with Crippen LogP contribution < -0.4 is 10.2 Å². The molecule has 1 unspecified atom stereocenters. The first-order valence-electron chi connectivity index (χ1n) is 13.9. The summed E-state index contributed by atoms with van der Waals surface area (Å²) >= 11 is 0. The Balaban J connectivity index is 1.16. The average molecular weight is 470 g/mol. The van der Waals surface area contributed by atoms with Crippen molar-refractivity contribution in [2.75, 3.05) is 42.9 Å². The number of piperidine rings is 1. The summed E-state index contributed by atoms with van der Waals surface area (Å²) in [6.45, 7) is 9.64. The molecule has 190 valence electrons. The summed E-state index contributed by atoms with van der Waals surface area (Å²) in [5, 5.41) is 13.5. The molecule has 1 aromatic heterocycles. The lowest BCUT2D eigenvalue weighted by atomic mass is 9.86. The van der Waals surface area contributed by atoms with Gasteiger partial charge in [0.25, 0.3) is 0 Å². The third-order valence-corrected chi connectivity index (χ3v) is 7.91. The van der Waals surface area contributed by atoms with Crippen LogP contribution in [-0.4, -0.2) is 64.3 Å². The average Bonchev–Trinajstić information content (AvgIpc) is 3.11. The van der Waals surface area contributed by atoms with Gasteiger partial charge in [0.1, 0.15) is 5.82 Å². The van der Waals surface area contributed by atoms with Crippen LogP contribution in [-0.2, 0) is 0 Å². The van der Waals surface area contributed by atoms with Gasteiger partial charge < -0.3 is 20.2 Å². The Hall–Kier alpha value is -1.66. The van der Waals surface area contributed by atoms with Gasteiger partial charge in [0, 0.05) is 45.0 Å². The first kappa shape index (κ1) is 25.4. The summed E-state index contributed by atoms with van der Waals surface area (Å²) in [5.41, 5.74) is 1.09. The zero-order valence-electron chi connectivity index (χ0n) is 21.6. The summed E-state index contributed by atoms with van der Waals surface area (Å²) in [5.74, 6) is 2.69. The monoisotopic (exact) mass is 469 g/mol. The van der Waals surface area contributed by atoms with Gasteiger partial charge >= 0.3 is 0 Å². The highest BCUT2D eigenvalue weighted by Crippen LogP contribution is 2.29. The third kappa shape index (κ3) is 8.23. The Labute approximate surface area is 207 Å². The van der Waals surface area contributed by atoms with Crippen LogP contribution in [0.1, 0.15) is 90.9 Å². The van der Waals surface area contributed by atoms with Crippen molar-refractivity contribution in [1.29, 1.82) is 0 Å². The van der Waals surface area contributed by atoms with Gasteiger partial charge in [-0.2, -0.15) is 4.98 Å². The summed E-state index contributed by atoms with van der Waals surface area (Å²) < 4.78 is 0. The number of hydrogen-bond donors (Lipinski definition) is 2. The second-order valence-electron chi connectivity index (χ2n) is 11.5. The van der Waals surface area contributed by atoms with Crippen LogP contribution in [0.15, 0.2) is 23.9 Å². The molecule has 6 heteroatoms. The molecule has 2 fully saturated rings. The molecule has 0 radical (unpaired) electrons. The molecule has 34 heavy (non-hydrogen) atoms. The molecule has 2 N–H and O–H groups in total. The zero-order chi connectivity index (χ0) is 23.8. The first-order chi connectivity index (χ1) is 16.4. The maximum atomic E-state index is 9.91. The van der Waals surface area contributed by atoms with Crippen LogP contribution in [0.25, 0.3) is 0 Å². The van der Waals surface area contributed by atoms with Crippen molar-refractivity contribution in [2.24, 2.45) is 5.92 Å². The van der Waals surface area contributed by atoms with Gasteiger partial charge in [-0.3, -0.25) is 0 Å². The molecule has 2 saturated heterocycles. The number of anilines is 2. The van der Waals surface area contributed by atoms with Crippen LogP contribution in [0.5, 0.6) is 0 Å². The molecule has 6 nitrogen and oxygen atoms in total. The number of aromatic nitrogens is 2. The Morgan fingerprint density at radius 2 is 1.82 bits per heavy atom. The van der Waals surface area contributed by atoms with Gasteiger partial charge in [0.15, 0.2) is 0 Å². The van der Waals surface area contributed by atoms with Gasteiger partial charge in [0.2, 0.25) is 5.95 Å². The lowest BCUT2D eigenvalue weighted by Crippen LogP contribution is -2.41. The molecule has 2 aliphatic heterocycles. The minimum atomic E-state index is -0.527. The van der Waals surface area contributed by atoms with E-state index in [0.717, 1.165) is 50.0 Å². The van der Waals surface area contributed by atoms with Crippen LogP contribution in [0.2, 0.25) is 0 Å². The van der Waals surface area contributed by atoms with E-state index in [1.165, 1.54) is 77.4 Å². The molecule has 1 aliphatic carbocycles. The summed E-state index contributed by atoms with van der Waals surface area (Å²) in [7, 11) is 0. The van der Waals surface area contributed by atoms with Crippen LogP contribution in [0.4, 0.5) is 11.8 Å². The van der Waals surface area contributed by atoms with E-state index >= 15 is 0 Å². The third-order valence-electron chi connectivity index (χ3n) is 7.91. The number of rotatable bonds is 9. The number of nitrogens with zero attached hydrogens (tertiary/aromatic N) is 4. The van der Waals surface area contributed by atoms with Crippen molar-refractivity contribution in [3.63, 3.8) is 0 Å². The van der Waals surface area contributed by atoms with Crippen molar-refractivity contribution in [3.05, 3.63) is 23.9 Å². The summed E-state index contributed by atoms with van der Waals surface area (Å²) in [6.07, 6.45) is 18.9. The van der Waals surface area contributed by atoms with E-state index in [1.807, 2.05) is 20.0 Å². The highest BCUT2D eigenvalue weighted by Gasteiger charge is 2.24. The SMILES string of the molecule is CC(C)(O)CCCC1=CCC(CN2CCC(Nc3nccc(N4CCCCCC4)n3)CC2)CC1. The molecule has 4 rings (SSSR count). The number of hydrogen-bond acceptors (Lipinski definition) is 6. The van der Waals surface area contributed by atoms with E-state index in [0.29, 0.717) is 6.04 Å². The van der Waals surface area contributed by atoms with E-state index in [4.69, 9.17) is 4.98 Å². The van der Waals surface area contributed by atoms with E-state index in [-0.39, 0.29) is 0 Å². The smallest absolute Gasteiger partial charge is 0.224 e. The fourth-order valence-electron chi connectivity index (χ4n) is 5.79. The topological polar surface area (TPSA) is 64.5 Å². The van der Waals surface area contributed by atoms with E-state index in [1.54, 1.807) is 5.57 Å². The van der Waals surface area contributed by atoms with Crippen LogP contribution >= 0.6 is 0 Å². The molecule has 0 spiro atoms. The van der Waals surface area contributed by atoms with Crippen molar-refractivity contribution >= 4 is 11.8 Å². The molecule has 0 aromatic carbocycles. The quantitative estimate of drug-likeness (QED) is 0.472. The number of nitrogens with one attached hydrogen (secondary N) is 1. The second-order valence-corrected chi connectivity index (χ2v) is 11.5. The minimum Gasteiger partial charge on any atom is -0.390 e. The lowest BCUT2D eigenvalue weighted by Gasteiger charge is -2.35. The Morgan fingerprint density at radius 1 is 1.06 bits per heavy atom. The van der Waals surface area contributed by atoms with Gasteiger partial charge in [-0.25, -0.2) is 4.98 Å². The largest absolute Gasteiger partial charge is 0.390 e. The van der Waals surface area contributed by atoms with Crippen LogP contribution in [0, 0.1) is 5.92 Å². The fraction of sp³-hybridized carbons (Fsp3) is 0.786. The molecule has 0 bridgehead atoms. The van der Waals surface area contributed by atoms with Crippen molar-refractivity contribution < 1.29 is 5.11 Å². The molecule has 0 saturated carbocycles. The number of likely N-dealkylation sites (tertiary alicyclic amines) is 1. The molecule has 3 aliphatic rings. The second kappa shape index (κ2) is 12.3. The van der Waals surface area contributed by atoms with Crippen molar-refractivity contribution in [2.45, 2.75) is 103 Å². The highest BCUT2D eigenvalue weighted by molar-refractivity contribution is 5.43. The maximum Gasteiger partial charge on any atom is 0.224 e. The standard InChI is InChI=1S/C28H47N5O/c1-28(2,34)16-7-8-23-9-11-24(12-10-23)22-32-20-14-25(15-21-32)30-27-29-17-13-26(31-27)33-18-5-3-4-6-19-33/h9,13,17,24-25,34H,3-8,10-12,14-16,18-22H2,1-2H3,(H,29,30,31). The van der Waals surface area contributed by atoms with Gasteiger partial charge in [0.05, 0.1) is 5.60 Å². The minimum absolute atomic E-state index is 0.476. The molecule has 1 atom stereocenters. The van der Waals surface area contributed by atoms with E-state index < -0.39 is 5.60 Å². The maximum absolute atomic E-state index is 9.91. The number of allylic oxidation sites excluding steroid dienone is 2. The predicted octanol–water partition coefficient (Wildman–Crippen LogP) is 5.40. The lowest BCUT2D eigenvalue weighted by molar-refractivity contribution is 0.0688. The normalized spacial score (nSPS) is 23.4. The van der Waals surface area contributed by atoms with E-state index in [2.05, 4.69) is 32.2 Å². The molecular weight excluding hydrogens is 422 g/mol.